The average Bonchev–Trinajstić information content (AvgIpc) is 3.69. The Labute approximate surface area is 208 Å². The minimum atomic E-state index is -1.31. The highest BCUT2D eigenvalue weighted by atomic mass is 19.1. The molecule has 0 spiro atoms. The third kappa shape index (κ3) is 5.24. The molecule has 2 unspecified atom stereocenters. The quantitative estimate of drug-likeness (QED) is 0.202. The summed E-state index contributed by atoms with van der Waals surface area (Å²) in [7, 11) is 1.56. The monoisotopic (exact) mass is 490 g/mol. The number of carbonyl (C=O) groups excluding carboxylic acids is 1. The number of nitrogens with one attached hydrogen (secondary N) is 1. The Kier molecular flexibility index (Phi) is 7.97. The van der Waals surface area contributed by atoms with Gasteiger partial charge in [-0.05, 0) is 74.3 Å². The first-order valence-corrected chi connectivity index (χ1v) is 12.7. The van der Waals surface area contributed by atoms with Crippen molar-refractivity contribution in [2.75, 3.05) is 30.4 Å². The van der Waals surface area contributed by atoms with Gasteiger partial charge in [0.1, 0.15) is 11.7 Å². The van der Waals surface area contributed by atoms with E-state index in [1.807, 2.05) is 13.8 Å². The van der Waals surface area contributed by atoms with Crippen LogP contribution < -0.4 is 10.2 Å². The number of nitrogens with zero attached hydrogens (tertiary/aromatic N) is 1. The van der Waals surface area contributed by atoms with Crippen LogP contribution >= 0.6 is 0 Å². The van der Waals surface area contributed by atoms with Gasteiger partial charge in [-0.2, -0.15) is 0 Å². The standard InChI is InChI=1S/C23H31FN2O3.C5H9F/c1-7-15(22(28)29)21(27)17-13(3)14(4)20(18(24)19(17)25-6)26-10-12(2)16(11-26)23(5)8-9-23;1-2-4-3-5(4)6/h7,12,16,25H,8-11H2,1-6H3,(H,28,29);4-5H,2-3H2,1H3/b15-7+;/t12-,16?;4-,5?/m01/s1. The Balaban J connectivity index is 0.000000497. The SMILES string of the molecule is C/C=C(/C(=O)O)C(=O)c1c(C)c(C)c(N2CC(C3(C)CC3)[C@@H](C)C2)c(F)c1NC.CC[C@@H]1CC1F. The highest BCUT2D eigenvalue weighted by molar-refractivity contribution is 6.26. The van der Waals surface area contributed by atoms with Gasteiger partial charge in [-0.1, -0.05) is 33.3 Å². The molecule has 0 aromatic heterocycles. The van der Waals surface area contributed by atoms with Gasteiger partial charge in [0.15, 0.2) is 5.82 Å². The number of hydrogen-bond acceptors (Lipinski definition) is 4. The minimum absolute atomic E-state index is 0.0717. The lowest BCUT2D eigenvalue weighted by Crippen LogP contribution is -2.26. The summed E-state index contributed by atoms with van der Waals surface area (Å²) in [5.74, 6) is -1.02. The molecule has 1 aromatic rings. The predicted molar refractivity (Wildman–Crippen MR) is 137 cm³/mol. The predicted octanol–water partition coefficient (Wildman–Crippen LogP) is 6.32. The molecule has 3 aliphatic rings. The van der Waals surface area contributed by atoms with E-state index in [0.29, 0.717) is 40.0 Å². The van der Waals surface area contributed by atoms with Crippen molar-refractivity contribution in [2.45, 2.75) is 73.4 Å². The summed E-state index contributed by atoms with van der Waals surface area (Å²) in [5, 5.41) is 12.2. The summed E-state index contributed by atoms with van der Waals surface area (Å²) in [6, 6.07) is 0. The largest absolute Gasteiger partial charge is 0.478 e. The Hall–Kier alpha value is -2.44. The summed E-state index contributed by atoms with van der Waals surface area (Å²) in [6.07, 6.45) is 5.14. The first-order valence-electron chi connectivity index (χ1n) is 12.7. The van der Waals surface area contributed by atoms with E-state index >= 15 is 4.39 Å². The van der Waals surface area contributed by atoms with E-state index in [1.54, 1.807) is 14.0 Å². The second-order valence-electron chi connectivity index (χ2n) is 10.8. The molecule has 5 nitrogen and oxygen atoms in total. The van der Waals surface area contributed by atoms with E-state index in [2.05, 4.69) is 24.1 Å². The van der Waals surface area contributed by atoms with E-state index in [9.17, 15) is 19.1 Å². The van der Waals surface area contributed by atoms with Crippen LogP contribution in [0.15, 0.2) is 11.6 Å². The van der Waals surface area contributed by atoms with Crippen LogP contribution in [0.3, 0.4) is 0 Å². The van der Waals surface area contributed by atoms with Gasteiger partial charge >= 0.3 is 5.97 Å². The molecule has 0 bridgehead atoms. The van der Waals surface area contributed by atoms with Gasteiger partial charge < -0.3 is 15.3 Å². The number of allylic oxidation sites excluding steroid dienone is 1. The van der Waals surface area contributed by atoms with Gasteiger partial charge in [0.2, 0.25) is 5.78 Å². The number of halogens is 2. The number of carboxylic acid groups (broad SMARTS) is 1. The molecule has 4 rings (SSSR count). The molecule has 4 atom stereocenters. The Morgan fingerprint density at radius 2 is 1.83 bits per heavy atom. The number of benzene rings is 1. The fraction of sp³-hybridized carbons (Fsp3) is 0.643. The van der Waals surface area contributed by atoms with Crippen molar-refractivity contribution in [1.29, 1.82) is 0 Å². The highest BCUT2D eigenvalue weighted by Gasteiger charge is 2.50. The summed E-state index contributed by atoms with van der Waals surface area (Å²) in [5.41, 5.74) is 2.01. The van der Waals surface area contributed by atoms with E-state index < -0.39 is 23.7 Å². The minimum Gasteiger partial charge on any atom is -0.478 e. The first kappa shape index (κ1) is 27.2. The van der Waals surface area contributed by atoms with Crippen molar-refractivity contribution in [3.63, 3.8) is 0 Å². The van der Waals surface area contributed by atoms with Crippen molar-refractivity contribution in [1.82, 2.24) is 0 Å². The molecule has 2 N–H and O–H groups in total. The van der Waals surface area contributed by atoms with E-state index in [1.165, 1.54) is 25.8 Å². The number of Topliss-reactive ketones (excluding diaryl/α,β-unsaturated/α-hetero) is 1. The third-order valence-electron chi connectivity index (χ3n) is 8.43. The molecule has 3 fully saturated rings. The molecule has 2 aliphatic carbocycles. The van der Waals surface area contributed by atoms with Gasteiger partial charge in [-0.15, -0.1) is 0 Å². The van der Waals surface area contributed by atoms with Gasteiger partial charge in [0, 0.05) is 20.1 Å². The van der Waals surface area contributed by atoms with Crippen molar-refractivity contribution >= 4 is 23.1 Å². The van der Waals surface area contributed by atoms with Crippen molar-refractivity contribution in [3.05, 3.63) is 34.2 Å². The van der Waals surface area contributed by atoms with E-state index in [-0.39, 0.29) is 16.8 Å². The molecule has 1 aliphatic heterocycles. The molecule has 2 saturated carbocycles. The summed E-state index contributed by atoms with van der Waals surface area (Å²) < 4.78 is 27.5. The van der Waals surface area contributed by atoms with Gasteiger partial charge in [0.05, 0.1) is 16.9 Å². The second kappa shape index (κ2) is 10.3. The van der Waals surface area contributed by atoms with Gasteiger partial charge in [-0.3, -0.25) is 4.79 Å². The van der Waals surface area contributed by atoms with E-state index in [4.69, 9.17) is 0 Å². The maximum Gasteiger partial charge on any atom is 0.339 e. The number of carboxylic acids is 1. The summed E-state index contributed by atoms with van der Waals surface area (Å²) >= 11 is 0. The number of alkyl halides is 1. The zero-order valence-corrected chi connectivity index (χ0v) is 22.1. The molecular weight excluding hydrogens is 450 g/mol. The van der Waals surface area contributed by atoms with Crippen molar-refractivity contribution in [2.24, 2.45) is 23.2 Å². The van der Waals surface area contributed by atoms with Crippen molar-refractivity contribution < 1.29 is 23.5 Å². The lowest BCUT2D eigenvalue weighted by Gasteiger charge is -2.27. The smallest absolute Gasteiger partial charge is 0.339 e. The molecule has 35 heavy (non-hydrogen) atoms. The van der Waals surface area contributed by atoms with Crippen LogP contribution in [0.5, 0.6) is 0 Å². The number of hydrogen-bond donors (Lipinski definition) is 2. The average molecular weight is 491 g/mol. The van der Waals surface area contributed by atoms with Gasteiger partial charge in [0.25, 0.3) is 0 Å². The van der Waals surface area contributed by atoms with Crippen LogP contribution in [0.2, 0.25) is 0 Å². The lowest BCUT2D eigenvalue weighted by molar-refractivity contribution is -0.132. The van der Waals surface area contributed by atoms with Crippen LogP contribution in [0, 0.1) is 42.8 Å². The van der Waals surface area contributed by atoms with Crippen molar-refractivity contribution in [3.8, 4) is 0 Å². The highest BCUT2D eigenvalue weighted by Crippen LogP contribution is 2.56. The summed E-state index contributed by atoms with van der Waals surface area (Å²) in [6.45, 7) is 13.2. The molecule has 1 heterocycles. The number of rotatable bonds is 7. The van der Waals surface area contributed by atoms with Gasteiger partial charge in [-0.25, -0.2) is 13.6 Å². The molecule has 0 amide bonds. The van der Waals surface area contributed by atoms with Crippen LogP contribution in [-0.4, -0.2) is 43.2 Å². The molecular formula is C28H40F2N2O3. The zero-order chi connectivity index (χ0) is 26.2. The number of anilines is 2. The summed E-state index contributed by atoms with van der Waals surface area (Å²) in [4.78, 5) is 26.5. The Bertz CT molecular complexity index is 1030. The lowest BCUT2D eigenvalue weighted by atomic mass is 9.84. The molecule has 0 radical (unpaired) electrons. The number of carbonyl (C=O) groups is 2. The number of aliphatic carboxylic acids is 1. The van der Waals surface area contributed by atoms with Crippen LogP contribution in [0.4, 0.5) is 20.2 Å². The fourth-order valence-electron chi connectivity index (χ4n) is 5.58. The topological polar surface area (TPSA) is 69.6 Å². The fourth-order valence-corrected chi connectivity index (χ4v) is 5.58. The maximum absolute atomic E-state index is 15.7. The first-order chi connectivity index (χ1) is 16.4. The van der Waals surface area contributed by atoms with Crippen LogP contribution in [0.25, 0.3) is 0 Å². The Morgan fingerprint density at radius 3 is 2.23 bits per heavy atom. The molecule has 194 valence electrons. The normalized spacial score (nSPS) is 26.7. The van der Waals surface area contributed by atoms with Crippen LogP contribution in [-0.2, 0) is 4.79 Å². The molecule has 1 saturated heterocycles. The molecule has 1 aromatic carbocycles. The van der Waals surface area contributed by atoms with E-state index in [0.717, 1.165) is 25.9 Å². The maximum atomic E-state index is 15.7. The van der Waals surface area contributed by atoms with Crippen LogP contribution in [0.1, 0.15) is 74.9 Å². The molecule has 7 heteroatoms. The zero-order valence-electron chi connectivity index (χ0n) is 22.1. The Morgan fingerprint density at radius 1 is 1.23 bits per heavy atom. The number of ketones is 1. The third-order valence-corrected chi connectivity index (χ3v) is 8.43. The second-order valence-corrected chi connectivity index (χ2v) is 10.8.